The molecule has 4 saturated carbocycles. The summed E-state index contributed by atoms with van der Waals surface area (Å²) in [5, 5.41) is 4.58. The predicted octanol–water partition coefficient (Wildman–Crippen LogP) is 5.71. The molecule has 0 amide bonds. The largest absolute Gasteiger partial charge is 0.291 e. The van der Waals surface area contributed by atoms with E-state index >= 15 is 0 Å². The van der Waals surface area contributed by atoms with Crippen LogP contribution in [0.5, 0.6) is 0 Å². The highest BCUT2D eigenvalue weighted by Gasteiger charge is 2.46. The summed E-state index contributed by atoms with van der Waals surface area (Å²) in [4.78, 5) is 1.31. The fraction of sp³-hybridized carbons (Fsp3) is 0.967. The maximum atomic E-state index is 13.6. The summed E-state index contributed by atoms with van der Waals surface area (Å²) in [5.41, 5.74) is 0. The maximum absolute atomic E-state index is 13.6. The molecule has 0 spiro atoms. The first-order valence-electron chi connectivity index (χ1n) is 16.4. The predicted molar refractivity (Wildman–Crippen MR) is 159 cm³/mol. The first-order valence-corrected chi connectivity index (χ1v) is 18.6. The van der Waals surface area contributed by atoms with E-state index < -0.39 is 10.0 Å². The Morgan fingerprint density at radius 3 is 1.95 bits per heavy atom. The normalized spacial score (nSPS) is 34.7. The molecule has 0 aromatic carbocycles. The Kier molecular flexibility index (Phi) is 10.9. The van der Waals surface area contributed by atoms with Crippen LogP contribution in [0.3, 0.4) is 0 Å². The number of quaternary nitrogens is 1. The Hall–Kier alpha value is -0.150. The average Bonchev–Trinajstić information content (AvgIpc) is 3.23. The van der Waals surface area contributed by atoms with Crippen LogP contribution in [-0.2, 0) is 10.0 Å². The van der Waals surface area contributed by atoms with Gasteiger partial charge in [0.2, 0.25) is 6.29 Å². The molecule has 4 aliphatic carbocycles. The Labute approximate surface area is 237 Å². The molecule has 5 aliphatic rings. The van der Waals surface area contributed by atoms with Crippen LogP contribution >= 0.6 is 11.9 Å². The van der Waals surface area contributed by atoms with Crippen LogP contribution in [-0.4, -0.2) is 49.1 Å². The second-order valence-electron chi connectivity index (χ2n) is 13.5. The molecular formula is C30H55N4O2S2+. The highest BCUT2D eigenvalue weighted by molar-refractivity contribution is 8.12. The molecule has 2 atom stereocenters. The van der Waals surface area contributed by atoms with E-state index in [1.807, 2.05) is 0 Å². The van der Waals surface area contributed by atoms with Gasteiger partial charge in [-0.1, -0.05) is 64.7 Å². The molecule has 5 rings (SSSR count). The van der Waals surface area contributed by atoms with E-state index in [0.717, 1.165) is 62.3 Å². The number of sulfonamides is 1. The number of rotatable bonds is 9. The van der Waals surface area contributed by atoms with Crippen LogP contribution in [0.1, 0.15) is 129 Å². The van der Waals surface area contributed by atoms with Crippen molar-refractivity contribution in [3.8, 4) is 0 Å². The molecule has 0 aromatic rings. The van der Waals surface area contributed by atoms with Crippen LogP contribution < -0.4 is 10.2 Å². The van der Waals surface area contributed by atoms with Gasteiger partial charge in [0, 0.05) is 31.0 Å². The number of hydrogen-bond donors (Lipinski definition) is 2. The zero-order valence-corrected chi connectivity index (χ0v) is 25.7. The van der Waals surface area contributed by atoms with E-state index in [-0.39, 0.29) is 11.5 Å². The second-order valence-corrected chi connectivity index (χ2v) is 16.5. The van der Waals surface area contributed by atoms with Gasteiger partial charge in [0.1, 0.15) is 0 Å². The first kappa shape index (κ1) is 29.3. The Morgan fingerprint density at radius 1 is 0.789 bits per heavy atom. The van der Waals surface area contributed by atoms with Crippen molar-refractivity contribution in [2.45, 2.75) is 140 Å². The minimum Gasteiger partial charge on any atom is -0.253 e. The van der Waals surface area contributed by atoms with Crippen molar-refractivity contribution in [1.82, 2.24) is 9.62 Å². The average molecular weight is 568 g/mol. The van der Waals surface area contributed by atoms with E-state index in [1.165, 1.54) is 101 Å². The van der Waals surface area contributed by atoms with Gasteiger partial charge in [-0.3, -0.25) is 5.32 Å². The number of hydrogen-bond acceptors (Lipinski definition) is 5. The molecule has 1 saturated heterocycles. The molecule has 0 bridgehead atoms. The molecule has 0 radical (unpaired) electrons. The van der Waals surface area contributed by atoms with Crippen LogP contribution in [0.25, 0.3) is 0 Å². The van der Waals surface area contributed by atoms with E-state index in [1.54, 1.807) is 11.9 Å². The molecule has 1 aliphatic heterocycles. The van der Waals surface area contributed by atoms with Crippen molar-refractivity contribution in [3.05, 3.63) is 0 Å². The maximum Gasteiger partial charge on any atom is 0.291 e. The summed E-state index contributed by atoms with van der Waals surface area (Å²) in [6.45, 7) is 5.39. The van der Waals surface area contributed by atoms with E-state index in [2.05, 4.69) is 16.5 Å². The fourth-order valence-corrected chi connectivity index (χ4v) is 10.8. The van der Waals surface area contributed by atoms with Crippen LogP contribution in [0.15, 0.2) is 4.40 Å². The third kappa shape index (κ3) is 7.98. The van der Waals surface area contributed by atoms with E-state index in [9.17, 15) is 8.42 Å². The molecule has 5 fully saturated rings. The summed E-state index contributed by atoms with van der Waals surface area (Å²) in [6.07, 6.45) is 23.8. The van der Waals surface area contributed by atoms with Crippen LogP contribution in [0.4, 0.5) is 0 Å². The summed E-state index contributed by atoms with van der Waals surface area (Å²) in [5.74, 6) is 2.80. The van der Waals surface area contributed by atoms with Gasteiger partial charge >= 0.3 is 0 Å². The summed E-state index contributed by atoms with van der Waals surface area (Å²) in [6, 6.07) is 0. The van der Waals surface area contributed by atoms with Crippen molar-refractivity contribution >= 4 is 27.1 Å². The quantitative estimate of drug-likeness (QED) is 0.349. The van der Waals surface area contributed by atoms with E-state index in [0.29, 0.717) is 11.8 Å². The highest BCUT2D eigenvalue weighted by atomic mass is 32.2. The van der Waals surface area contributed by atoms with Crippen molar-refractivity contribution in [1.29, 1.82) is 0 Å². The van der Waals surface area contributed by atoms with Gasteiger partial charge in [-0.15, -0.1) is 4.40 Å². The summed E-state index contributed by atoms with van der Waals surface area (Å²) >= 11 is 1.69. The zero-order chi connectivity index (χ0) is 26.4. The third-order valence-corrected chi connectivity index (χ3v) is 13.4. The van der Waals surface area contributed by atoms with Crippen molar-refractivity contribution in [2.75, 3.05) is 19.6 Å². The summed E-state index contributed by atoms with van der Waals surface area (Å²) < 4.78 is 34.5. The number of nitrogens with zero attached hydrogens (tertiary/aromatic N) is 2. The molecule has 2 unspecified atom stereocenters. The standard InChI is InChI=1S/C30H54N4O2S2/c1-24-17-19-28(20-18-24)38(35,36)32-30-33(22-26-13-7-3-8-14-26)29(31-21-25-11-5-2-6-12-25)34(37-30)23-27-15-9-4-10-16-27/h24-29,31H,2-23H2,1H3/p+1. The first-order chi connectivity index (χ1) is 18.5. The van der Waals surface area contributed by atoms with Gasteiger partial charge in [0.15, 0.2) is 0 Å². The number of nitrogens with one attached hydrogen (secondary N) is 2. The lowest BCUT2D eigenvalue weighted by Crippen LogP contribution is -3.19. The lowest BCUT2D eigenvalue weighted by Gasteiger charge is -2.33. The van der Waals surface area contributed by atoms with Crippen molar-refractivity contribution in [3.63, 3.8) is 0 Å². The van der Waals surface area contributed by atoms with Crippen molar-refractivity contribution < 1.29 is 13.3 Å². The van der Waals surface area contributed by atoms with Gasteiger partial charge in [-0.25, -0.2) is 13.3 Å². The molecule has 38 heavy (non-hydrogen) atoms. The molecule has 218 valence electrons. The lowest BCUT2D eigenvalue weighted by atomic mass is 9.88. The Morgan fingerprint density at radius 2 is 1.34 bits per heavy atom. The van der Waals surface area contributed by atoms with Gasteiger partial charge < -0.3 is 0 Å². The molecule has 6 nitrogen and oxygen atoms in total. The molecule has 8 heteroatoms. The van der Waals surface area contributed by atoms with Crippen LogP contribution in [0, 0.1) is 23.7 Å². The third-order valence-electron chi connectivity index (χ3n) is 10.4. The molecular weight excluding hydrogens is 512 g/mol. The van der Waals surface area contributed by atoms with Gasteiger partial charge in [0.25, 0.3) is 15.2 Å². The minimum atomic E-state index is -3.49. The smallest absolute Gasteiger partial charge is 0.253 e. The second kappa shape index (κ2) is 14.2. The van der Waals surface area contributed by atoms with E-state index in [4.69, 9.17) is 4.40 Å². The molecule has 2 N–H and O–H groups in total. The monoisotopic (exact) mass is 567 g/mol. The SMILES string of the molecule is CC1CCC(S(=O)(=O)N=C2SN(CC3CCCCC3)C(NCC3CCCCC3)[NH+]2CC2CCCCC2)CC1. The Bertz CT molecular complexity index is 855. The lowest BCUT2D eigenvalue weighted by molar-refractivity contribution is -0.845. The number of amidine groups is 1. The Balaban J connectivity index is 1.38. The summed E-state index contributed by atoms with van der Waals surface area (Å²) in [7, 11) is -3.49. The topological polar surface area (TPSA) is 66.2 Å². The van der Waals surface area contributed by atoms with Gasteiger partial charge in [-0.05, 0) is 82.0 Å². The fourth-order valence-electron chi connectivity index (χ4n) is 7.87. The van der Waals surface area contributed by atoms with Crippen molar-refractivity contribution in [2.24, 2.45) is 28.1 Å². The van der Waals surface area contributed by atoms with Gasteiger partial charge in [0.05, 0.1) is 11.8 Å². The van der Waals surface area contributed by atoms with Crippen LogP contribution in [0.2, 0.25) is 0 Å². The highest BCUT2D eigenvalue weighted by Crippen LogP contribution is 2.32. The van der Waals surface area contributed by atoms with Gasteiger partial charge in [-0.2, -0.15) is 4.31 Å². The molecule has 1 heterocycles. The minimum absolute atomic E-state index is 0.145. The zero-order valence-electron chi connectivity index (χ0n) is 24.0. The molecule has 0 aromatic heterocycles.